The van der Waals surface area contributed by atoms with Crippen LogP contribution in [0.25, 0.3) is 0 Å². The maximum absolute atomic E-state index is 13.0. The third-order valence-corrected chi connectivity index (χ3v) is 7.84. The van der Waals surface area contributed by atoms with Gasteiger partial charge in [-0.25, -0.2) is 8.42 Å². The number of anilines is 1. The number of nitrogens with one attached hydrogen (secondary N) is 1. The number of benzene rings is 3. The van der Waals surface area contributed by atoms with Crippen LogP contribution in [0.2, 0.25) is 5.02 Å². The van der Waals surface area contributed by atoms with E-state index in [-0.39, 0.29) is 29.8 Å². The molecule has 0 saturated carbocycles. The molecule has 1 heterocycles. The molecule has 1 saturated heterocycles. The fraction of sp³-hybridized carbons (Fsp3) is 0.240. The summed E-state index contributed by atoms with van der Waals surface area (Å²) in [5, 5.41) is 3.38. The first-order valence-corrected chi connectivity index (χ1v) is 12.7. The van der Waals surface area contributed by atoms with Crippen LogP contribution in [-0.4, -0.2) is 38.8 Å². The average Bonchev–Trinajstić information content (AvgIpc) is 2.86. The second-order valence-corrected chi connectivity index (χ2v) is 10.3. The van der Waals surface area contributed by atoms with Gasteiger partial charge in [-0.1, -0.05) is 29.8 Å². The van der Waals surface area contributed by atoms with E-state index in [9.17, 15) is 13.2 Å². The van der Waals surface area contributed by atoms with Crippen LogP contribution in [0.1, 0.15) is 12.8 Å². The predicted molar refractivity (Wildman–Crippen MR) is 131 cm³/mol. The summed E-state index contributed by atoms with van der Waals surface area (Å²) >= 11 is 6.15. The van der Waals surface area contributed by atoms with Gasteiger partial charge in [-0.2, -0.15) is 4.31 Å². The molecule has 0 radical (unpaired) electrons. The minimum Gasteiger partial charge on any atom is -0.497 e. The maximum Gasteiger partial charge on any atom is 0.243 e. The molecule has 9 heteroatoms. The number of hydrogen-bond acceptors (Lipinski definition) is 5. The highest BCUT2D eigenvalue weighted by atomic mass is 35.5. The molecular weight excluding hydrogens is 476 g/mol. The lowest BCUT2D eigenvalue weighted by Crippen LogP contribution is -2.41. The van der Waals surface area contributed by atoms with Crippen LogP contribution in [0.5, 0.6) is 17.2 Å². The molecule has 0 atom stereocenters. The number of halogens is 1. The molecule has 0 bridgehead atoms. The van der Waals surface area contributed by atoms with Gasteiger partial charge in [-0.3, -0.25) is 4.79 Å². The van der Waals surface area contributed by atoms with E-state index in [0.29, 0.717) is 40.8 Å². The quantitative estimate of drug-likeness (QED) is 0.483. The van der Waals surface area contributed by atoms with E-state index in [1.54, 1.807) is 30.3 Å². The Morgan fingerprint density at radius 1 is 0.971 bits per heavy atom. The lowest BCUT2D eigenvalue weighted by molar-refractivity contribution is -0.120. The smallest absolute Gasteiger partial charge is 0.243 e. The predicted octanol–water partition coefficient (Wildman–Crippen LogP) is 5.18. The summed E-state index contributed by atoms with van der Waals surface area (Å²) in [4.78, 5) is 13.2. The third kappa shape index (κ3) is 5.52. The van der Waals surface area contributed by atoms with E-state index >= 15 is 0 Å². The summed E-state index contributed by atoms with van der Waals surface area (Å²) < 4.78 is 38.4. The molecular formula is C25H25ClN2O5S. The van der Waals surface area contributed by atoms with Gasteiger partial charge in [0.15, 0.2) is 5.75 Å². The zero-order valence-electron chi connectivity index (χ0n) is 18.6. The fourth-order valence-electron chi connectivity index (χ4n) is 3.79. The standard InChI is InChI=1S/C25H25ClN2O5S/c1-32-20-8-10-22(11-9-20)34(30,31)28-15-13-18(14-16-28)25(29)27-23-17-19(26)7-12-24(23)33-21-5-3-2-4-6-21/h2-12,17-18H,13-16H2,1H3,(H,27,29). The minimum atomic E-state index is -3.63. The molecule has 1 amide bonds. The van der Waals surface area contributed by atoms with Crippen molar-refractivity contribution in [1.29, 1.82) is 0 Å². The van der Waals surface area contributed by atoms with Gasteiger partial charge in [0, 0.05) is 24.0 Å². The molecule has 1 fully saturated rings. The van der Waals surface area contributed by atoms with Crippen molar-refractivity contribution in [1.82, 2.24) is 4.31 Å². The molecule has 4 rings (SSSR count). The Labute approximate surface area is 204 Å². The molecule has 3 aromatic carbocycles. The van der Waals surface area contributed by atoms with Crippen LogP contribution in [0.3, 0.4) is 0 Å². The first-order chi connectivity index (χ1) is 16.4. The Morgan fingerprint density at radius 2 is 1.65 bits per heavy atom. The number of amides is 1. The summed E-state index contributed by atoms with van der Waals surface area (Å²) in [5.74, 6) is 1.18. The van der Waals surface area contributed by atoms with Crippen molar-refractivity contribution in [3.8, 4) is 17.2 Å². The fourth-order valence-corrected chi connectivity index (χ4v) is 5.44. The van der Waals surface area contributed by atoms with Crippen molar-refractivity contribution in [2.24, 2.45) is 5.92 Å². The Balaban J connectivity index is 1.41. The normalized spacial score (nSPS) is 15.0. The van der Waals surface area contributed by atoms with Crippen LogP contribution < -0.4 is 14.8 Å². The lowest BCUT2D eigenvalue weighted by atomic mass is 9.97. The van der Waals surface area contributed by atoms with Gasteiger partial charge in [-0.15, -0.1) is 0 Å². The van der Waals surface area contributed by atoms with E-state index in [2.05, 4.69) is 5.32 Å². The first kappa shape index (κ1) is 24.1. The largest absolute Gasteiger partial charge is 0.497 e. The summed E-state index contributed by atoms with van der Waals surface area (Å²) in [6.45, 7) is 0.519. The third-order valence-electron chi connectivity index (χ3n) is 5.69. The van der Waals surface area contributed by atoms with Crippen LogP contribution in [-0.2, 0) is 14.8 Å². The number of nitrogens with zero attached hydrogens (tertiary/aromatic N) is 1. The molecule has 1 aliphatic rings. The Morgan fingerprint density at radius 3 is 2.29 bits per heavy atom. The van der Waals surface area contributed by atoms with E-state index < -0.39 is 10.0 Å². The Kier molecular flexibility index (Phi) is 7.41. The SMILES string of the molecule is COc1ccc(S(=O)(=O)N2CCC(C(=O)Nc3cc(Cl)ccc3Oc3ccccc3)CC2)cc1. The summed E-state index contributed by atoms with van der Waals surface area (Å²) in [5.41, 5.74) is 0.467. The zero-order valence-corrected chi connectivity index (χ0v) is 20.2. The molecule has 0 aromatic heterocycles. The monoisotopic (exact) mass is 500 g/mol. The van der Waals surface area contributed by atoms with Crippen molar-refractivity contribution >= 4 is 33.2 Å². The summed E-state index contributed by atoms with van der Waals surface area (Å²) in [6.07, 6.45) is 0.827. The van der Waals surface area contributed by atoms with Crippen molar-refractivity contribution in [2.75, 3.05) is 25.5 Å². The average molecular weight is 501 g/mol. The second-order valence-electron chi connectivity index (χ2n) is 7.90. The number of para-hydroxylation sites is 1. The maximum atomic E-state index is 13.0. The van der Waals surface area contributed by atoms with Gasteiger partial charge in [0.2, 0.25) is 15.9 Å². The van der Waals surface area contributed by atoms with Gasteiger partial charge < -0.3 is 14.8 Å². The van der Waals surface area contributed by atoms with E-state index in [0.717, 1.165) is 0 Å². The number of methoxy groups -OCH3 is 1. The number of piperidine rings is 1. The summed E-state index contributed by atoms with van der Waals surface area (Å²) in [6, 6.07) is 20.6. The molecule has 1 aliphatic heterocycles. The number of sulfonamides is 1. The topological polar surface area (TPSA) is 84.9 Å². The van der Waals surface area contributed by atoms with E-state index in [1.165, 1.54) is 23.5 Å². The molecule has 0 spiro atoms. The van der Waals surface area contributed by atoms with E-state index in [4.69, 9.17) is 21.1 Å². The van der Waals surface area contributed by atoms with E-state index in [1.807, 2.05) is 30.3 Å². The Bertz CT molecular complexity index is 1240. The number of hydrogen-bond donors (Lipinski definition) is 1. The van der Waals surface area contributed by atoms with Crippen LogP contribution in [0.15, 0.2) is 77.7 Å². The van der Waals surface area contributed by atoms with Crippen LogP contribution in [0, 0.1) is 5.92 Å². The highest BCUT2D eigenvalue weighted by Gasteiger charge is 2.32. The molecule has 34 heavy (non-hydrogen) atoms. The van der Waals surface area contributed by atoms with Crippen molar-refractivity contribution in [3.05, 3.63) is 77.8 Å². The first-order valence-electron chi connectivity index (χ1n) is 10.8. The summed E-state index contributed by atoms with van der Waals surface area (Å²) in [7, 11) is -2.11. The highest BCUT2D eigenvalue weighted by molar-refractivity contribution is 7.89. The molecule has 0 unspecified atom stereocenters. The number of rotatable bonds is 7. The molecule has 0 aliphatic carbocycles. The van der Waals surface area contributed by atoms with Gasteiger partial charge in [0.05, 0.1) is 17.7 Å². The molecule has 3 aromatic rings. The van der Waals surface area contributed by atoms with Gasteiger partial charge >= 0.3 is 0 Å². The van der Waals surface area contributed by atoms with Gasteiger partial charge in [0.25, 0.3) is 0 Å². The lowest BCUT2D eigenvalue weighted by Gasteiger charge is -2.30. The molecule has 178 valence electrons. The highest BCUT2D eigenvalue weighted by Crippen LogP contribution is 2.33. The second kappa shape index (κ2) is 10.5. The van der Waals surface area contributed by atoms with Crippen LogP contribution >= 0.6 is 11.6 Å². The van der Waals surface area contributed by atoms with Crippen molar-refractivity contribution in [2.45, 2.75) is 17.7 Å². The van der Waals surface area contributed by atoms with Gasteiger partial charge in [0.1, 0.15) is 11.5 Å². The molecule has 1 N–H and O–H groups in total. The molecule has 7 nitrogen and oxygen atoms in total. The number of carbonyl (C=O) groups excluding carboxylic acids is 1. The Hall–Kier alpha value is -3.07. The number of carbonyl (C=O) groups is 1. The van der Waals surface area contributed by atoms with Crippen molar-refractivity contribution in [3.63, 3.8) is 0 Å². The zero-order chi connectivity index (χ0) is 24.1. The van der Waals surface area contributed by atoms with Gasteiger partial charge in [-0.05, 0) is 67.4 Å². The number of ether oxygens (including phenoxy) is 2. The van der Waals surface area contributed by atoms with Crippen molar-refractivity contribution < 1.29 is 22.7 Å². The van der Waals surface area contributed by atoms with Crippen LogP contribution in [0.4, 0.5) is 5.69 Å². The minimum absolute atomic E-state index is 0.193.